The quantitative estimate of drug-likeness (QED) is 0.866. The minimum Gasteiger partial charge on any atom is -0.478 e. The first kappa shape index (κ1) is 15.0. The summed E-state index contributed by atoms with van der Waals surface area (Å²) in [6, 6.07) is 7.09. The van der Waals surface area contributed by atoms with Crippen LogP contribution in [0.25, 0.3) is 0 Å². The monoisotopic (exact) mass is 276 g/mol. The second-order valence-electron chi connectivity index (χ2n) is 6.22. The Kier molecular flexibility index (Phi) is 4.78. The van der Waals surface area contributed by atoms with Crippen LogP contribution in [0.3, 0.4) is 0 Å². The van der Waals surface area contributed by atoms with Gasteiger partial charge in [0.1, 0.15) is 0 Å². The number of carboxylic acid groups (broad SMARTS) is 1. The van der Waals surface area contributed by atoms with E-state index in [4.69, 9.17) is 5.11 Å². The summed E-state index contributed by atoms with van der Waals surface area (Å²) in [7, 11) is 2.18. The summed E-state index contributed by atoms with van der Waals surface area (Å²) in [5.74, 6) is -0.872. The van der Waals surface area contributed by atoms with Crippen LogP contribution in [0.15, 0.2) is 24.3 Å². The molecule has 0 aliphatic carbocycles. The lowest BCUT2D eigenvalue weighted by molar-refractivity contribution is 0.0697. The Morgan fingerprint density at radius 1 is 1.30 bits per heavy atom. The van der Waals surface area contributed by atoms with Crippen LogP contribution in [-0.4, -0.2) is 42.7 Å². The number of benzene rings is 1. The zero-order chi connectivity index (χ0) is 14.6. The molecule has 0 radical (unpaired) electrons. The average Bonchev–Trinajstić information content (AvgIpc) is 2.43. The normalized spacial score (nSPS) is 18.9. The second-order valence-corrected chi connectivity index (χ2v) is 6.22. The van der Waals surface area contributed by atoms with Crippen molar-refractivity contribution in [2.75, 3.05) is 26.7 Å². The summed E-state index contributed by atoms with van der Waals surface area (Å²) in [5, 5.41) is 12.4. The minimum absolute atomic E-state index is 0.344. The van der Waals surface area contributed by atoms with Crippen molar-refractivity contribution in [3.63, 3.8) is 0 Å². The zero-order valence-electron chi connectivity index (χ0n) is 12.4. The van der Waals surface area contributed by atoms with Crippen LogP contribution < -0.4 is 5.32 Å². The van der Waals surface area contributed by atoms with Crippen molar-refractivity contribution in [1.29, 1.82) is 0 Å². The minimum atomic E-state index is -0.872. The van der Waals surface area contributed by atoms with Crippen molar-refractivity contribution in [3.8, 4) is 0 Å². The SMILES string of the molecule is CN1CCC(C)(CNCc2ccc(C(=O)O)cc2)CC1. The highest BCUT2D eigenvalue weighted by molar-refractivity contribution is 5.87. The summed E-state index contributed by atoms with van der Waals surface area (Å²) in [4.78, 5) is 13.2. The molecule has 4 nitrogen and oxygen atoms in total. The molecule has 0 saturated carbocycles. The van der Waals surface area contributed by atoms with Crippen LogP contribution in [0.5, 0.6) is 0 Å². The van der Waals surface area contributed by atoms with Crippen molar-refractivity contribution >= 4 is 5.97 Å². The lowest BCUT2D eigenvalue weighted by atomic mass is 9.80. The van der Waals surface area contributed by atoms with Crippen molar-refractivity contribution in [2.24, 2.45) is 5.41 Å². The molecule has 2 rings (SSSR count). The van der Waals surface area contributed by atoms with Gasteiger partial charge in [-0.3, -0.25) is 0 Å². The third-order valence-corrected chi connectivity index (χ3v) is 4.28. The summed E-state index contributed by atoms with van der Waals surface area (Å²) >= 11 is 0. The molecule has 1 heterocycles. The van der Waals surface area contributed by atoms with Gasteiger partial charge >= 0.3 is 5.97 Å². The van der Waals surface area contributed by atoms with E-state index < -0.39 is 5.97 Å². The van der Waals surface area contributed by atoms with Gasteiger partial charge in [0.25, 0.3) is 0 Å². The molecule has 4 heteroatoms. The second kappa shape index (κ2) is 6.37. The van der Waals surface area contributed by atoms with E-state index in [0.717, 1.165) is 18.7 Å². The molecular formula is C16H24N2O2. The highest BCUT2D eigenvalue weighted by Crippen LogP contribution is 2.29. The Labute approximate surface area is 120 Å². The number of rotatable bonds is 5. The number of hydrogen-bond acceptors (Lipinski definition) is 3. The molecule has 1 saturated heterocycles. The smallest absolute Gasteiger partial charge is 0.335 e. The molecule has 0 aromatic heterocycles. The first-order valence-corrected chi connectivity index (χ1v) is 7.20. The summed E-state index contributed by atoms with van der Waals surface area (Å²) in [6.07, 6.45) is 2.46. The fraction of sp³-hybridized carbons (Fsp3) is 0.562. The van der Waals surface area contributed by atoms with Crippen molar-refractivity contribution in [1.82, 2.24) is 10.2 Å². The van der Waals surface area contributed by atoms with Gasteiger partial charge in [-0.2, -0.15) is 0 Å². The molecule has 1 aliphatic rings. The lowest BCUT2D eigenvalue weighted by Gasteiger charge is -2.38. The van der Waals surface area contributed by atoms with Crippen LogP contribution >= 0.6 is 0 Å². The highest BCUT2D eigenvalue weighted by Gasteiger charge is 2.28. The summed E-state index contributed by atoms with van der Waals surface area (Å²) in [5.41, 5.74) is 1.86. The summed E-state index contributed by atoms with van der Waals surface area (Å²) < 4.78 is 0. The van der Waals surface area contributed by atoms with Crippen LogP contribution in [-0.2, 0) is 6.54 Å². The molecule has 0 amide bonds. The molecule has 0 spiro atoms. The van der Waals surface area contributed by atoms with Gasteiger partial charge in [0.15, 0.2) is 0 Å². The van der Waals surface area contributed by atoms with Gasteiger partial charge in [-0.15, -0.1) is 0 Å². The van der Waals surface area contributed by atoms with E-state index in [1.165, 1.54) is 25.9 Å². The number of carbonyl (C=O) groups is 1. The number of likely N-dealkylation sites (tertiary alicyclic amines) is 1. The van der Waals surface area contributed by atoms with Gasteiger partial charge in [-0.1, -0.05) is 19.1 Å². The number of piperidine rings is 1. The van der Waals surface area contributed by atoms with Crippen LogP contribution in [0.2, 0.25) is 0 Å². The molecule has 1 aliphatic heterocycles. The number of nitrogens with one attached hydrogen (secondary N) is 1. The van der Waals surface area contributed by atoms with Gasteiger partial charge in [0.2, 0.25) is 0 Å². The molecule has 0 bridgehead atoms. The first-order valence-electron chi connectivity index (χ1n) is 7.20. The molecule has 2 N–H and O–H groups in total. The van der Waals surface area contributed by atoms with Gasteiger partial charge in [0.05, 0.1) is 5.56 Å². The van der Waals surface area contributed by atoms with Gasteiger partial charge in [-0.05, 0) is 56.1 Å². The molecule has 1 fully saturated rings. The Morgan fingerprint density at radius 2 is 1.90 bits per heavy atom. The van der Waals surface area contributed by atoms with Crippen LogP contribution in [0, 0.1) is 5.41 Å². The van der Waals surface area contributed by atoms with Crippen molar-refractivity contribution in [2.45, 2.75) is 26.3 Å². The fourth-order valence-electron chi connectivity index (χ4n) is 2.61. The highest BCUT2D eigenvalue weighted by atomic mass is 16.4. The van der Waals surface area contributed by atoms with E-state index >= 15 is 0 Å². The third-order valence-electron chi connectivity index (χ3n) is 4.28. The Bertz CT molecular complexity index is 448. The fourth-order valence-corrected chi connectivity index (χ4v) is 2.61. The first-order chi connectivity index (χ1) is 9.48. The van der Waals surface area contributed by atoms with Gasteiger partial charge in [-0.25, -0.2) is 4.79 Å². The predicted octanol–water partition coefficient (Wildman–Crippen LogP) is 2.21. The molecular weight excluding hydrogens is 252 g/mol. The standard InChI is InChI=1S/C16H24N2O2/c1-16(7-9-18(2)10-8-16)12-17-11-13-3-5-14(6-4-13)15(19)20/h3-6,17H,7-12H2,1-2H3,(H,19,20). The third kappa shape index (κ3) is 4.05. The van der Waals surface area contributed by atoms with Crippen molar-refractivity contribution in [3.05, 3.63) is 35.4 Å². The number of hydrogen-bond donors (Lipinski definition) is 2. The number of nitrogens with zero attached hydrogens (tertiary/aromatic N) is 1. The maximum absolute atomic E-state index is 10.8. The van der Waals surface area contributed by atoms with E-state index in [9.17, 15) is 4.79 Å². The van der Waals surface area contributed by atoms with Gasteiger partial charge in [0, 0.05) is 13.1 Å². The van der Waals surface area contributed by atoms with Gasteiger partial charge < -0.3 is 15.3 Å². The van der Waals surface area contributed by atoms with E-state index in [1.54, 1.807) is 12.1 Å². The number of carboxylic acids is 1. The van der Waals surface area contributed by atoms with E-state index in [2.05, 4.69) is 24.2 Å². The van der Waals surface area contributed by atoms with Crippen LogP contribution in [0.4, 0.5) is 0 Å². The van der Waals surface area contributed by atoms with Crippen molar-refractivity contribution < 1.29 is 9.90 Å². The zero-order valence-corrected chi connectivity index (χ0v) is 12.4. The summed E-state index contributed by atoms with van der Waals surface area (Å²) in [6.45, 7) is 6.50. The lowest BCUT2D eigenvalue weighted by Crippen LogP contribution is -2.41. The predicted molar refractivity (Wildman–Crippen MR) is 79.9 cm³/mol. The molecule has 20 heavy (non-hydrogen) atoms. The maximum Gasteiger partial charge on any atom is 0.335 e. The Balaban J connectivity index is 1.79. The largest absolute Gasteiger partial charge is 0.478 e. The molecule has 0 atom stereocenters. The Hall–Kier alpha value is -1.39. The number of aromatic carboxylic acids is 1. The molecule has 110 valence electrons. The molecule has 1 aromatic rings. The average molecular weight is 276 g/mol. The topological polar surface area (TPSA) is 52.6 Å². The molecule has 1 aromatic carbocycles. The molecule has 0 unspecified atom stereocenters. The Morgan fingerprint density at radius 3 is 2.45 bits per heavy atom. The maximum atomic E-state index is 10.8. The van der Waals surface area contributed by atoms with E-state index in [-0.39, 0.29) is 0 Å². The van der Waals surface area contributed by atoms with E-state index in [0.29, 0.717) is 11.0 Å². The van der Waals surface area contributed by atoms with Crippen LogP contribution in [0.1, 0.15) is 35.7 Å². The van der Waals surface area contributed by atoms with E-state index in [1.807, 2.05) is 12.1 Å².